The Morgan fingerprint density at radius 2 is 1.57 bits per heavy atom. The standard InChI is InChI=1S/C20H35N3O3S.ClH/c21-17-11-15-7-3-8-16(12-17)19(15)22-27(25,26)18-9-4-10-23(13-18)20(24)14-5-1-2-6-14;/h14-19,22H,1-13,21H2;1H. The topological polar surface area (TPSA) is 92.5 Å². The van der Waals surface area contributed by atoms with E-state index in [1.165, 1.54) is 6.42 Å². The minimum atomic E-state index is -3.42. The monoisotopic (exact) mass is 433 g/mol. The number of carbonyl (C=O) groups is 1. The van der Waals surface area contributed by atoms with Gasteiger partial charge < -0.3 is 10.6 Å². The molecule has 0 aromatic carbocycles. The number of carbonyl (C=O) groups excluding carboxylic acids is 1. The number of nitrogens with one attached hydrogen (secondary N) is 1. The summed E-state index contributed by atoms with van der Waals surface area (Å²) in [6, 6.07) is 0.264. The fourth-order valence-electron chi connectivity index (χ4n) is 6.09. The molecule has 3 N–H and O–H groups in total. The van der Waals surface area contributed by atoms with Gasteiger partial charge in [-0.05, 0) is 63.2 Å². The molecule has 0 spiro atoms. The third-order valence-corrected chi connectivity index (χ3v) is 9.37. The summed E-state index contributed by atoms with van der Waals surface area (Å²) in [7, 11) is -3.42. The molecule has 1 heterocycles. The lowest BCUT2D eigenvalue weighted by Crippen LogP contribution is -2.57. The minimum absolute atomic E-state index is 0. The average Bonchev–Trinajstić information content (AvgIpc) is 3.16. The maximum absolute atomic E-state index is 13.2. The van der Waals surface area contributed by atoms with Crippen LogP contribution in [-0.2, 0) is 14.8 Å². The van der Waals surface area contributed by atoms with Gasteiger partial charge in [0.05, 0.1) is 5.25 Å². The van der Waals surface area contributed by atoms with Crippen molar-refractivity contribution in [3.05, 3.63) is 0 Å². The highest BCUT2D eigenvalue weighted by molar-refractivity contribution is 7.90. The van der Waals surface area contributed by atoms with Crippen molar-refractivity contribution in [1.82, 2.24) is 9.62 Å². The Bertz CT molecular complexity index is 639. The number of halogens is 1. The molecular formula is C20H36ClN3O3S. The molecule has 0 aromatic rings. The van der Waals surface area contributed by atoms with Crippen LogP contribution < -0.4 is 10.5 Å². The van der Waals surface area contributed by atoms with Crippen molar-refractivity contribution in [3.63, 3.8) is 0 Å². The molecule has 1 aliphatic heterocycles. The molecule has 162 valence electrons. The van der Waals surface area contributed by atoms with E-state index in [0.29, 0.717) is 31.3 Å². The minimum Gasteiger partial charge on any atom is -0.341 e. The zero-order valence-corrected chi connectivity index (χ0v) is 18.4. The molecular weight excluding hydrogens is 398 g/mol. The Balaban J connectivity index is 0.00000225. The number of hydrogen-bond acceptors (Lipinski definition) is 4. The van der Waals surface area contributed by atoms with Crippen molar-refractivity contribution in [2.24, 2.45) is 23.5 Å². The van der Waals surface area contributed by atoms with Crippen LogP contribution >= 0.6 is 12.4 Å². The second-order valence-electron chi connectivity index (χ2n) is 9.40. The molecule has 4 rings (SSSR count). The maximum Gasteiger partial charge on any atom is 0.225 e. The molecule has 2 bridgehead atoms. The number of amides is 1. The number of sulfonamides is 1. The van der Waals surface area contributed by atoms with E-state index in [9.17, 15) is 13.2 Å². The summed E-state index contributed by atoms with van der Waals surface area (Å²) < 4.78 is 29.4. The van der Waals surface area contributed by atoms with Crippen LogP contribution in [0.1, 0.15) is 70.6 Å². The van der Waals surface area contributed by atoms with Crippen molar-refractivity contribution in [2.75, 3.05) is 13.1 Å². The van der Waals surface area contributed by atoms with Gasteiger partial charge in [-0.2, -0.15) is 0 Å². The number of nitrogens with zero attached hydrogens (tertiary/aromatic N) is 1. The van der Waals surface area contributed by atoms with Gasteiger partial charge in [-0.15, -0.1) is 12.4 Å². The van der Waals surface area contributed by atoms with E-state index < -0.39 is 15.3 Å². The molecule has 4 aliphatic rings. The Hall–Kier alpha value is -0.370. The van der Waals surface area contributed by atoms with Gasteiger partial charge in [0.25, 0.3) is 0 Å². The highest BCUT2D eigenvalue weighted by atomic mass is 35.5. The van der Waals surface area contributed by atoms with Crippen LogP contribution in [-0.4, -0.2) is 49.6 Å². The smallest absolute Gasteiger partial charge is 0.225 e. The quantitative estimate of drug-likeness (QED) is 0.711. The normalized spacial score (nSPS) is 36.8. The third-order valence-electron chi connectivity index (χ3n) is 7.51. The number of hydrogen-bond donors (Lipinski definition) is 2. The second-order valence-corrected chi connectivity index (χ2v) is 11.4. The number of likely N-dealkylation sites (tertiary alicyclic amines) is 1. The van der Waals surface area contributed by atoms with Crippen molar-refractivity contribution >= 4 is 28.3 Å². The van der Waals surface area contributed by atoms with Crippen LogP contribution in [0.5, 0.6) is 0 Å². The lowest BCUT2D eigenvalue weighted by atomic mass is 9.67. The van der Waals surface area contributed by atoms with E-state index in [4.69, 9.17) is 5.73 Å². The summed E-state index contributed by atoms with van der Waals surface area (Å²) in [5, 5.41) is -0.465. The third kappa shape index (κ3) is 4.68. The molecule has 3 atom stereocenters. The van der Waals surface area contributed by atoms with Gasteiger partial charge in [0.2, 0.25) is 15.9 Å². The Labute approximate surface area is 175 Å². The van der Waals surface area contributed by atoms with E-state index >= 15 is 0 Å². The first-order chi connectivity index (χ1) is 12.9. The maximum atomic E-state index is 13.2. The van der Waals surface area contributed by atoms with Gasteiger partial charge in [0.15, 0.2) is 0 Å². The summed E-state index contributed by atoms with van der Waals surface area (Å²) >= 11 is 0. The lowest BCUT2D eigenvalue weighted by Gasteiger charge is -2.45. The fourth-order valence-corrected chi connectivity index (χ4v) is 7.90. The first-order valence-electron chi connectivity index (χ1n) is 11.0. The Morgan fingerprint density at radius 1 is 0.929 bits per heavy atom. The highest BCUT2D eigenvalue weighted by Crippen LogP contribution is 2.40. The lowest BCUT2D eigenvalue weighted by molar-refractivity contribution is -0.136. The van der Waals surface area contributed by atoms with Crippen molar-refractivity contribution in [2.45, 2.75) is 88.0 Å². The number of piperidine rings is 1. The number of nitrogens with two attached hydrogens (primary N) is 1. The molecule has 3 saturated carbocycles. The van der Waals surface area contributed by atoms with Gasteiger partial charge in [-0.25, -0.2) is 13.1 Å². The first kappa shape index (κ1) is 22.3. The van der Waals surface area contributed by atoms with Crippen LogP contribution in [0, 0.1) is 17.8 Å². The molecule has 0 radical (unpaired) electrons. The van der Waals surface area contributed by atoms with Crippen molar-refractivity contribution < 1.29 is 13.2 Å². The average molecular weight is 434 g/mol. The van der Waals surface area contributed by atoms with Gasteiger partial charge in [0, 0.05) is 31.1 Å². The number of rotatable bonds is 4. The van der Waals surface area contributed by atoms with E-state index in [1.54, 1.807) is 0 Å². The predicted octanol–water partition coefficient (Wildman–Crippen LogP) is 2.41. The highest BCUT2D eigenvalue weighted by Gasteiger charge is 2.43. The summed E-state index contributed by atoms with van der Waals surface area (Å²) in [5.74, 6) is 1.07. The fraction of sp³-hybridized carbons (Fsp3) is 0.950. The summed E-state index contributed by atoms with van der Waals surface area (Å²) in [6.45, 7) is 1.08. The molecule has 1 amide bonds. The molecule has 3 aliphatic carbocycles. The van der Waals surface area contributed by atoms with Gasteiger partial charge in [-0.1, -0.05) is 19.3 Å². The van der Waals surface area contributed by atoms with Crippen molar-refractivity contribution in [1.29, 1.82) is 0 Å². The summed E-state index contributed by atoms with van der Waals surface area (Å²) in [6.07, 6.45) is 10.8. The molecule has 3 unspecified atom stereocenters. The molecule has 0 aromatic heterocycles. The van der Waals surface area contributed by atoms with E-state index in [0.717, 1.165) is 57.8 Å². The second kappa shape index (κ2) is 9.19. The molecule has 6 nitrogen and oxygen atoms in total. The summed E-state index contributed by atoms with van der Waals surface area (Å²) in [5.41, 5.74) is 6.18. The Morgan fingerprint density at radius 3 is 2.21 bits per heavy atom. The first-order valence-corrected chi connectivity index (χ1v) is 12.5. The predicted molar refractivity (Wildman–Crippen MR) is 113 cm³/mol. The van der Waals surface area contributed by atoms with Crippen LogP contribution in [0.3, 0.4) is 0 Å². The largest absolute Gasteiger partial charge is 0.341 e. The van der Waals surface area contributed by atoms with Gasteiger partial charge in [0.1, 0.15) is 0 Å². The molecule has 8 heteroatoms. The van der Waals surface area contributed by atoms with E-state index in [2.05, 4.69) is 4.72 Å². The molecule has 4 fully saturated rings. The molecule has 1 saturated heterocycles. The summed E-state index contributed by atoms with van der Waals surface area (Å²) in [4.78, 5) is 14.6. The zero-order valence-electron chi connectivity index (χ0n) is 16.7. The van der Waals surface area contributed by atoms with Gasteiger partial charge >= 0.3 is 0 Å². The zero-order chi connectivity index (χ0) is 19.0. The van der Waals surface area contributed by atoms with E-state index in [-0.39, 0.29) is 36.3 Å². The Kier molecular flexibility index (Phi) is 7.32. The van der Waals surface area contributed by atoms with Crippen LogP contribution in [0.15, 0.2) is 0 Å². The number of fused-ring (bicyclic) bond motifs is 2. The molecule has 28 heavy (non-hydrogen) atoms. The van der Waals surface area contributed by atoms with Crippen LogP contribution in [0.2, 0.25) is 0 Å². The van der Waals surface area contributed by atoms with Crippen molar-refractivity contribution in [3.8, 4) is 0 Å². The SMILES string of the molecule is Cl.NC1CC2CCCC(C1)C2NS(=O)(=O)C1CCCN(C(=O)C2CCCC2)C1. The van der Waals surface area contributed by atoms with Crippen LogP contribution in [0.4, 0.5) is 0 Å². The van der Waals surface area contributed by atoms with Crippen LogP contribution in [0.25, 0.3) is 0 Å². The van der Waals surface area contributed by atoms with E-state index in [1.807, 2.05) is 4.90 Å². The van der Waals surface area contributed by atoms with Gasteiger partial charge in [-0.3, -0.25) is 4.79 Å².